The highest BCUT2D eigenvalue weighted by Gasteiger charge is 2.39. The van der Waals surface area contributed by atoms with E-state index in [0.29, 0.717) is 36.7 Å². The highest BCUT2D eigenvalue weighted by molar-refractivity contribution is 7.47. The van der Waals surface area contributed by atoms with Crippen LogP contribution >= 0.6 is 7.82 Å². The molecule has 12 nitrogen and oxygen atoms in total. The molecule has 1 saturated carbocycles. The molecular formula is C44H83NO11P+. The number of esters is 2. The molecule has 0 saturated heterocycles. The van der Waals surface area contributed by atoms with E-state index >= 15 is 0 Å². The second-order valence-corrected chi connectivity index (χ2v) is 18.7. The fourth-order valence-corrected chi connectivity index (χ4v) is 7.84. The molecule has 0 aromatic rings. The van der Waals surface area contributed by atoms with Crippen LogP contribution in [0.3, 0.4) is 0 Å². The van der Waals surface area contributed by atoms with Gasteiger partial charge in [-0.05, 0) is 31.6 Å². The zero-order chi connectivity index (χ0) is 42.4. The molecule has 1 fully saturated rings. The van der Waals surface area contributed by atoms with Gasteiger partial charge in [-0.3, -0.25) is 23.4 Å². The number of carbonyl (C=O) groups excluding carboxylic acids is 3. The monoisotopic (exact) mass is 833 g/mol. The summed E-state index contributed by atoms with van der Waals surface area (Å²) in [6, 6.07) is 0. The number of aliphatic hydroxyl groups is 2. The molecular weight excluding hydrogens is 749 g/mol. The molecule has 6 atom stereocenters. The fraction of sp³-hybridized carbons (Fsp3) is 0.886. The number of aliphatic hydroxyl groups excluding tert-OH is 2. The lowest BCUT2D eigenvalue weighted by molar-refractivity contribution is -0.870. The van der Waals surface area contributed by atoms with Gasteiger partial charge in [-0.2, -0.15) is 0 Å². The van der Waals surface area contributed by atoms with Crippen molar-refractivity contribution in [1.82, 2.24) is 0 Å². The molecule has 0 aromatic carbocycles. The van der Waals surface area contributed by atoms with Gasteiger partial charge in [-0.25, -0.2) is 4.57 Å². The number of allylic oxidation sites excluding steroid dienone is 1. The van der Waals surface area contributed by atoms with Crippen molar-refractivity contribution < 1.29 is 57.1 Å². The second-order valence-electron chi connectivity index (χ2n) is 17.2. The van der Waals surface area contributed by atoms with Crippen molar-refractivity contribution in [3.05, 3.63) is 12.2 Å². The summed E-state index contributed by atoms with van der Waals surface area (Å²) >= 11 is 0. The van der Waals surface area contributed by atoms with Crippen LogP contribution in [0.15, 0.2) is 12.2 Å². The van der Waals surface area contributed by atoms with Gasteiger partial charge >= 0.3 is 19.8 Å². The maximum absolute atomic E-state index is 12.8. The van der Waals surface area contributed by atoms with E-state index < -0.39 is 50.6 Å². The zero-order valence-electron chi connectivity index (χ0n) is 36.5. The number of carbonyl (C=O) groups is 3. The molecule has 0 radical (unpaired) electrons. The van der Waals surface area contributed by atoms with E-state index in [-0.39, 0.29) is 44.2 Å². The maximum Gasteiger partial charge on any atom is 0.472 e. The van der Waals surface area contributed by atoms with Gasteiger partial charge in [-0.15, -0.1) is 0 Å². The van der Waals surface area contributed by atoms with E-state index in [4.69, 9.17) is 18.5 Å². The Morgan fingerprint density at radius 3 is 1.88 bits per heavy atom. The third kappa shape index (κ3) is 29.2. The Morgan fingerprint density at radius 1 is 0.772 bits per heavy atom. The second kappa shape index (κ2) is 32.2. The Hall–Kier alpha value is -1.66. The number of phosphoric ester groups is 1. The summed E-state index contributed by atoms with van der Waals surface area (Å²) in [5, 5.41) is 20.8. The Kier molecular flexibility index (Phi) is 30.1. The molecule has 1 aliphatic carbocycles. The van der Waals surface area contributed by atoms with Gasteiger partial charge in [0.25, 0.3) is 0 Å². The summed E-state index contributed by atoms with van der Waals surface area (Å²) in [5.74, 6) is -1.52. The molecule has 0 amide bonds. The molecule has 1 unspecified atom stereocenters. The van der Waals surface area contributed by atoms with Crippen LogP contribution in [0, 0.1) is 11.8 Å². The average Bonchev–Trinajstić information content (AvgIpc) is 3.41. The van der Waals surface area contributed by atoms with Gasteiger partial charge < -0.3 is 29.1 Å². The van der Waals surface area contributed by atoms with Gasteiger partial charge in [0.1, 0.15) is 25.5 Å². The van der Waals surface area contributed by atoms with Crippen molar-refractivity contribution in [2.24, 2.45) is 11.8 Å². The van der Waals surface area contributed by atoms with Crippen molar-refractivity contribution >= 4 is 25.5 Å². The SMILES string of the molecule is CCCCCCCCCCCCCCCC(=O)OC[C@H](COP(=O)(O)OCC[N+](C)(C)C)OC(=O)CCCCCC[C@H]1[C@@H](O)CC(=O)[C@@H]1/C=C/[C@@H](O)CCCCC. The van der Waals surface area contributed by atoms with E-state index in [1.165, 1.54) is 57.8 Å². The van der Waals surface area contributed by atoms with Crippen LogP contribution in [0.1, 0.15) is 174 Å². The molecule has 3 N–H and O–H groups in total. The number of Topliss-reactive ketones (excluding diaryl/α,β-unsaturated/α-hetero) is 1. The number of likely N-dealkylation sites (N-methyl/N-ethyl adjacent to an activating group) is 1. The van der Waals surface area contributed by atoms with E-state index in [1.54, 1.807) is 12.2 Å². The van der Waals surface area contributed by atoms with Crippen molar-refractivity contribution in [2.45, 2.75) is 193 Å². The third-order valence-electron chi connectivity index (χ3n) is 10.7. The number of hydrogen-bond donors (Lipinski definition) is 3. The van der Waals surface area contributed by atoms with E-state index in [1.807, 2.05) is 21.1 Å². The van der Waals surface area contributed by atoms with Crippen LogP contribution in [0.4, 0.5) is 0 Å². The summed E-state index contributed by atoms with van der Waals surface area (Å²) in [7, 11) is 1.34. The molecule has 57 heavy (non-hydrogen) atoms. The van der Waals surface area contributed by atoms with Crippen LogP contribution in [-0.4, -0.2) is 103 Å². The number of hydrogen-bond acceptors (Lipinski definition) is 10. The first-order chi connectivity index (χ1) is 27.2. The first kappa shape index (κ1) is 53.4. The number of phosphoric acid groups is 1. The van der Waals surface area contributed by atoms with Crippen LogP contribution in [0.2, 0.25) is 0 Å². The Morgan fingerprint density at radius 2 is 1.30 bits per heavy atom. The predicted molar refractivity (Wildman–Crippen MR) is 225 cm³/mol. The van der Waals surface area contributed by atoms with Crippen LogP contribution in [-0.2, 0) is 37.5 Å². The van der Waals surface area contributed by atoms with Crippen molar-refractivity contribution in [1.29, 1.82) is 0 Å². The zero-order valence-corrected chi connectivity index (χ0v) is 37.4. The number of unbranched alkanes of at least 4 members (excludes halogenated alkanes) is 17. The number of quaternary nitrogens is 1. The molecule has 1 aliphatic rings. The highest BCUT2D eigenvalue weighted by atomic mass is 31.2. The van der Waals surface area contributed by atoms with Gasteiger partial charge in [0.05, 0.1) is 40.0 Å². The number of nitrogens with zero attached hydrogens (tertiary/aromatic N) is 1. The number of ether oxygens (including phenoxy) is 2. The summed E-state index contributed by atoms with van der Waals surface area (Å²) in [5.41, 5.74) is 0. The lowest BCUT2D eigenvalue weighted by Crippen LogP contribution is -2.37. The van der Waals surface area contributed by atoms with E-state index in [9.17, 15) is 34.1 Å². The van der Waals surface area contributed by atoms with Gasteiger partial charge in [0.2, 0.25) is 0 Å². The molecule has 334 valence electrons. The first-order valence-corrected chi connectivity index (χ1v) is 24.0. The summed E-state index contributed by atoms with van der Waals surface area (Å²) in [4.78, 5) is 48.1. The van der Waals surface area contributed by atoms with E-state index in [0.717, 1.165) is 57.8 Å². The van der Waals surface area contributed by atoms with E-state index in [2.05, 4.69) is 13.8 Å². The predicted octanol–water partition coefficient (Wildman–Crippen LogP) is 9.17. The number of ketones is 1. The lowest BCUT2D eigenvalue weighted by Gasteiger charge is -2.24. The summed E-state index contributed by atoms with van der Waals surface area (Å²) in [6.45, 7) is 4.05. The minimum atomic E-state index is -4.44. The summed E-state index contributed by atoms with van der Waals surface area (Å²) in [6.07, 6.45) is 24.4. The fourth-order valence-electron chi connectivity index (χ4n) is 7.10. The topological polar surface area (TPSA) is 166 Å². The largest absolute Gasteiger partial charge is 0.472 e. The molecule has 0 aromatic heterocycles. The Balaban J connectivity index is 2.48. The smallest absolute Gasteiger partial charge is 0.462 e. The van der Waals surface area contributed by atoms with Gasteiger partial charge in [-0.1, -0.05) is 142 Å². The normalized spacial score (nSPS) is 19.5. The van der Waals surface area contributed by atoms with Gasteiger partial charge in [0.15, 0.2) is 6.10 Å². The van der Waals surface area contributed by atoms with Crippen molar-refractivity contribution in [3.63, 3.8) is 0 Å². The van der Waals surface area contributed by atoms with Crippen LogP contribution in [0.5, 0.6) is 0 Å². The van der Waals surface area contributed by atoms with Crippen LogP contribution in [0.25, 0.3) is 0 Å². The number of rotatable bonds is 37. The van der Waals surface area contributed by atoms with Gasteiger partial charge in [0, 0.05) is 25.2 Å². The Bertz CT molecular complexity index is 1140. The minimum absolute atomic E-state index is 0.00401. The standard InChI is InChI=1S/C44H82NO11P/c1-6-8-10-11-12-13-14-15-16-17-18-19-24-28-43(49)53-35-38(36-55-57(51,52)54-33-32-45(3,4)5)56-44(50)29-25-21-20-23-27-39-40(42(48)34-41(39)47)31-30-37(46)26-22-9-7-2/h30-31,37-41,46-47H,6-29,32-36H2,1-5H3/p+1/b31-30+/t37-,38+,39+,40+,41-/m0/s1. The molecule has 13 heteroatoms. The maximum atomic E-state index is 12.8. The first-order valence-electron chi connectivity index (χ1n) is 22.5. The highest BCUT2D eigenvalue weighted by Crippen LogP contribution is 2.43. The molecule has 0 bridgehead atoms. The third-order valence-corrected chi connectivity index (χ3v) is 11.7. The summed E-state index contributed by atoms with van der Waals surface area (Å²) < 4.78 is 34.3. The quantitative estimate of drug-likeness (QED) is 0.0180. The van der Waals surface area contributed by atoms with Crippen molar-refractivity contribution in [2.75, 3.05) is 47.5 Å². The Labute approximate surface area is 346 Å². The molecule has 0 aliphatic heterocycles. The molecule has 0 spiro atoms. The average molecular weight is 833 g/mol. The van der Waals surface area contributed by atoms with Crippen molar-refractivity contribution in [3.8, 4) is 0 Å². The molecule has 1 rings (SSSR count). The minimum Gasteiger partial charge on any atom is -0.462 e. The lowest BCUT2D eigenvalue weighted by atomic mass is 9.88. The molecule has 0 heterocycles. The van der Waals surface area contributed by atoms with Crippen LogP contribution < -0.4 is 0 Å².